The number of amides is 8. The Labute approximate surface area is 564 Å². The minimum Gasteiger partial charge on any atom is -0.444 e. The van der Waals surface area contributed by atoms with Gasteiger partial charge in [-0.05, 0) is 90.4 Å². The third kappa shape index (κ3) is 18.1. The molecule has 0 aromatic heterocycles. The molecule has 22 nitrogen and oxygen atoms in total. The van der Waals surface area contributed by atoms with Gasteiger partial charge >= 0.3 is 45.6 Å². The summed E-state index contributed by atoms with van der Waals surface area (Å²) in [5.41, 5.74) is 4.79. The van der Waals surface area contributed by atoms with E-state index in [2.05, 4.69) is 31.4 Å². The number of carbonyl (C=O) groups is 6. The molecule has 95 heavy (non-hydrogen) atoms. The Balaban J connectivity index is 0.000000215. The fourth-order valence-electron chi connectivity index (χ4n) is 15.7. The summed E-state index contributed by atoms with van der Waals surface area (Å²) in [6, 6.07) is 22.4. The topological polar surface area (TPSA) is 264 Å². The number of fused-ring (bicyclic) bond motifs is 4. The van der Waals surface area contributed by atoms with Crippen molar-refractivity contribution in [1.29, 1.82) is 0 Å². The highest BCUT2D eigenvalue weighted by Crippen LogP contribution is 2.66. The molecule has 13 rings (SSSR count). The maximum Gasteiger partial charge on any atom is 0.488 e. The van der Waals surface area contributed by atoms with Crippen molar-refractivity contribution >= 4 is 62.9 Å². The van der Waals surface area contributed by atoms with Crippen molar-refractivity contribution in [3.63, 3.8) is 0 Å². The molecule has 8 fully saturated rings. The first-order valence-corrected chi connectivity index (χ1v) is 34.5. The molecule has 8 amide bonds. The van der Waals surface area contributed by atoms with Crippen molar-refractivity contribution in [1.82, 2.24) is 40.0 Å². The minimum atomic E-state index is -1.69. The lowest BCUT2D eigenvalue weighted by Gasteiger charge is -2.64. The Morgan fingerprint density at radius 1 is 0.558 bits per heavy atom. The SMILES string of the molecule is C.C.CN1CCCCCCCCC[C@@H](B(O)O)NC(=O)[C@@H]2C[C@@H](OC(=O)N3Cc4ccccc4C3)CN2C1=O.CN1CCCCCCCCC[C@@H](B2OC3C[C@H]4C[C@H](C4(C)C)[C@@]3(C)O2)NC(=O)[C@@H]2C[C@@H](OC(=O)N3Cc4ccccc4C3)CN2C1=O.OB(O)c1ccccc1. The van der Waals surface area contributed by atoms with Gasteiger partial charge in [-0.3, -0.25) is 19.4 Å². The van der Waals surface area contributed by atoms with Gasteiger partial charge in [0, 0.05) is 66.2 Å². The number of benzene rings is 3. The lowest BCUT2D eigenvalue weighted by molar-refractivity contribution is -0.199. The third-order valence-corrected chi connectivity index (χ3v) is 21.4. The number of urea groups is 2. The molecule has 1 unspecified atom stereocenters. The highest BCUT2D eigenvalue weighted by atomic mass is 16.7. The van der Waals surface area contributed by atoms with E-state index in [0.717, 1.165) is 119 Å². The van der Waals surface area contributed by atoms with Crippen LogP contribution in [0.25, 0.3) is 0 Å². The minimum absolute atomic E-state index is 0. The van der Waals surface area contributed by atoms with Crippen LogP contribution in [-0.2, 0) is 54.6 Å². The highest BCUT2D eigenvalue weighted by Gasteiger charge is 2.68. The van der Waals surface area contributed by atoms with Gasteiger partial charge in [0.15, 0.2) is 0 Å². The molecule has 3 saturated carbocycles. The van der Waals surface area contributed by atoms with Crippen LogP contribution in [-0.4, -0.2) is 195 Å². The average Bonchev–Trinajstić information content (AvgIpc) is 1.65. The molecule has 6 N–H and O–H groups in total. The molecule has 7 aliphatic heterocycles. The van der Waals surface area contributed by atoms with Gasteiger partial charge in [0.1, 0.15) is 24.3 Å². The number of hydrogen-bond donors (Lipinski definition) is 6. The quantitative estimate of drug-likeness (QED) is 0.131. The van der Waals surface area contributed by atoms with Crippen molar-refractivity contribution in [2.45, 2.75) is 238 Å². The molecule has 5 saturated heterocycles. The Hall–Kier alpha value is -6.37. The molecule has 7 heterocycles. The van der Waals surface area contributed by atoms with Crippen molar-refractivity contribution in [2.75, 3.05) is 40.3 Å². The third-order valence-electron chi connectivity index (χ3n) is 21.4. The monoisotopic (exact) mass is 1320 g/mol. The lowest BCUT2D eigenvalue weighted by Crippen LogP contribution is -2.65. The zero-order valence-electron chi connectivity index (χ0n) is 55.3. The Morgan fingerprint density at radius 3 is 1.41 bits per heavy atom. The van der Waals surface area contributed by atoms with Gasteiger partial charge in [-0.2, -0.15) is 0 Å². The van der Waals surface area contributed by atoms with Crippen LogP contribution >= 0.6 is 0 Å². The molecule has 3 aliphatic carbocycles. The Bertz CT molecular complexity index is 3000. The summed E-state index contributed by atoms with van der Waals surface area (Å²) in [6.45, 7) is 10.4. The number of hydrogen-bond acceptors (Lipinski definition) is 14. The van der Waals surface area contributed by atoms with Crippen LogP contribution in [0.4, 0.5) is 19.2 Å². The lowest BCUT2D eigenvalue weighted by atomic mass is 9.43. The van der Waals surface area contributed by atoms with Crippen molar-refractivity contribution in [3.05, 3.63) is 101 Å². The van der Waals surface area contributed by atoms with Crippen LogP contribution < -0.4 is 16.1 Å². The predicted molar refractivity (Wildman–Crippen MR) is 366 cm³/mol. The van der Waals surface area contributed by atoms with Crippen molar-refractivity contribution in [2.24, 2.45) is 17.3 Å². The van der Waals surface area contributed by atoms with E-state index in [0.29, 0.717) is 63.0 Å². The molecule has 3 aromatic rings. The second kappa shape index (κ2) is 33.7. The molecule has 0 spiro atoms. The van der Waals surface area contributed by atoms with Crippen LogP contribution in [0.15, 0.2) is 78.9 Å². The first-order valence-electron chi connectivity index (χ1n) is 34.5. The van der Waals surface area contributed by atoms with Crippen molar-refractivity contribution in [3.8, 4) is 0 Å². The summed E-state index contributed by atoms with van der Waals surface area (Å²) in [7, 11) is -0.0322. The Kier molecular flexibility index (Phi) is 26.4. The molecular formula is C70H107B3N8O14. The second-order valence-corrected chi connectivity index (χ2v) is 28.3. The summed E-state index contributed by atoms with van der Waals surface area (Å²) in [4.78, 5) is 90.6. The van der Waals surface area contributed by atoms with Gasteiger partial charge in [-0.15, -0.1) is 0 Å². The number of carbonyl (C=O) groups excluding carboxylic acids is 6. The van der Waals surface area contributed by atoms with Crippen LogP contribution in [0.5, 0.6) is 0 Å². The smallest absolute Gasteiger partial charge is 0.444 e. The fourth-order valence-corrected chi connectivity index (χ4v) is 15.7. The van der Waals surface area contributed by atoms with Gasteiger partial charge in [0.25, 0.3) is 0 Å². The standard InChI is InChI=1S/C36H53BN4O6.C26H39BN4O6.C6H7BO2.2CH4/c1-35(2)26-18-29(35)36(3)30(19-26)46-37(47-36)31-16-10-8-6-5-7-9-13-17-39(4)33(43)41-23-27(20-28(41)32(42)38-31)45-34(44)40-21-24-14-11-12-15-25(24)22-40;1-29-14-10-6-4-2-3-5-7-13-23(27(35)36)28-24(32)22-15-21(18-31(22)25(29)33)37-26(34)30-16-19-11-8-9-12-20(19)17-30;8-7(9)6-4-2-1-3-5-6;;/h11-12,14-15,26-31H,5-10,13,16-23H2,1-4H3,(H,38,42);8-9,11-12,21-23,35-36H,2-7,10,13-18H2,1H3,(H,28,32);1-5,8-9H;2*1H4/t26-,27-,28+,29-,30?,31+,36-;21-,22+,23+;;;/m11.../s1. The van der Waals surface area contributed by atoms with Crippen molar-refractivity contribution < 1.29 is 67.6 Å². The van der Waals surface area contributed by atoms with E-state index >= 15 is 0 Å². The van der Waals surface area contributed by atoms with Gasteiger partial charge in [-0.1, -0.05) is 185 Å². The molecule has 3 aromatic carbocycles. The van der Waals surface area contributed by atoms with Gasteiger partial charge in [0.05, 0.1) is 36.7 Å². The van der Waals surface area contributed by atoms with E-state index in [1.807, 2.05) is 54.6 Å². The normalized spacial score (nSPS) is 28.7. The van der Waals surface area contributed by atoms with E-state index in [1.54, 1.807) is 62.9 Å². The molecule has 10 aliphatic rings. The summed E-state index contributed by atoms with van der Waals surface area (Å²) in [5, 5.41) is 42.9. The van der Waals surface area contributed by atoms with E-state index in [9.17, 15) is 38.8 Å². The molecule has 25 heteroatoms. The fraction of sp³-hybridized carbons (Fsp3) is 0.657. The number of nitrogens with one attached hydrogen (secondary N) is 2. The van der Waals surface area contributed by atoms with E-state index in [-0.39, 0.29) is 81.8 Å². The first-order chi connectivity index (χ1) is 44.7. The zero-order chi connectivity index (χ0) is 66.0. The van der Waals surface area contributed by atoms with Gasteiger partial charge in [0.2, 0.25) is 11.8 Å². The summed E-state index contributed by atoms with van der Waals surface area (Å²) in [6.07, 6.45) is 16.2. The van der Waals surface area contributed by atoms with E-state index < -0.39 is 69.7 Å². The summed E-state index contributed by atoms with van der Waals surface area (Å²) in [5.74, 6) is -0.754. The van der Waals surface area contributed by atoms with Crippen LogP contribution in [0, 0.1) is 17.3 Å². The number of nitrogens with zero attached hydrogens (tertiary/aromatic N) is 6. The average molecular weight is 1320 g/mol. The maximum absolute atomic E-state index is 14.2. The predicted octanol–water partition coefficient (Wildman–Crippen LogP) is 8.42. The molecule has 0 radical (unpaired) electrons. The Morgan fingerprint density at radius 2 is 0.979 bits per heavy atom. The van der Waals surface area contributed by atoms with Crippen LogP contribution in [0.1, 0.15) is 186 Å². The number of ether oxygens (including phenoxy) is 2. The number of rotatable bonds is 5. The maximum atomic E-state index is 14.2. The molecule has 10 atom stereocenters. The first kappa shape index (κ1) is 74.4. The van der Waals surface area contributed by atoms with Crippen LogP contribution in [0.2, 0.25) is 0 Å². The van der Waals surface area contributed by atoms with E-state index in [4.69, 9.17) is 28.8 Å². The highest BCUT2D eigenvalue weighted by molar-refractivity contribution is 6.58. The summed E-state index contributed by atoms with van der Waals surface area (Å²) >= 11 is 0. The van der Waals surface area contributed by atoms with Crippen LogP contribution in [0.3, 0.4) is 0 Å². The van der Waals surface area contributed by atoms with E-state index in [1.165, 1.54) is 17.7 Å². The molecular weight excluding hydrogens is 1210 g/mol. The van der Waals surface area contributed by atoms with Gasteiger partial charge in [-0.25, -0.2) is 19.2 Å². The molecule has 520 valence electrons. The molecule has 2 bridgehead atoms. The second-order valence-electron chi connectivity index (χ2n) is 28.3. The zero-order valence-corrected chi connectivity index (χ0v) is 55.3. The van der Waals surface area contributed by atoms with Gasteiger partial charge < -0.3 is 69.1 Å². The largest absolute Gasteiger partial charge is 0.488 e. The summed E-state index contributed by atoms with van der Waals surface area (Å²) < 4.78 is 25.3.